The van der Waals surface area contributed by atoms with Gasteiger partial charge >= 0.3 is 0 Å². The van der Waals surface area contributed by atoms with Crippen LogP contribution in [0.5, 0.6) is 5.75 Å². The Labute approximate surface area is 170 Å². The molecule has 0 bridgehead atoms. The topological polar surface area (TPSA) is 48.9 Å². The number of piperidine rings is 1. The molecule has 2 atom stereocenters. The highest BCUT2D eigenvalue weighted by atomic mass is 32.2. The largest absolute Gasteiger partial charge is 0.488 e. The molecule has 0 radical (unpaired) electrons. The van der Waals surface area contributed by atoms with Gasteiger partial charge in [0.2, 0.25) is 5.91 Å². The average molecular weight is 399 g/mol. The van der Waals surface area contributed by atoms with E-state index in [2.05, 4.69) is 33.5 Å². The fourth-order valence-corrected chi connectivity index (χ4v) is 5.48. The summed E-state index contributed by atoms with van der Waals surface area (Å²) >= 11 is 1.79. The number of likely N-dealkylation sites (tertiary alicyclic amines) is 1. The van der Waals surface area contributed by atoms with Crippen molar-refractivity contribution in [3.05, 3.63) is 36.2 Å². The lowest BCUT2D eigenvalue weighted by molar-refractivity contribution is -0.128. The fraction of sp³-hybridized carbons (Fsp3) is 0.524. The van der Waals surface area contributed by atoms with E-state index < -0.39 is 0 Å². The molecule has 1 aliphatic carbocycles. The molecule has 1 aromatic rings. The summed E-state index contributed by atoms with van der Waals surface area (Å²) in [6.07, 6.45) is 12.2. The summed E-state index contributed by atoms with van der Waals surface area (Å²) in [4.78, 5) is 22.2. The van der Waals surface area contributed by atoms with Gasteiger partial charge in [0, 0.05) is 55.5 Å². The van der Waals surface area contributed by atoms with E-state index in [4.69, 9.17) is 9.72 Å². The van der Waals surface area contributed by atoms with Gasteiger partial charge in [-0.25, -0.2) is 9.29 Å². The molecule has 2 fully saturated rings. The van der Waals surface area contributed by atoms with Gasteiger partial charge in [-0.05, 0) is 30.9 Å². The summed E-state index contributed by atoms with van der Waals surface area (Å²) in [7, 11) is 1.88. The number of hydrogen-bond acceptors (Lipinski definition) is 6. The Morgan fingerprint density at radius 1 is 1.21 bits per heavy atom. The lowest BCUT2D eigenvalue weighted by Gasteiger charge is -2.33. The lowest BCUT2D eigenvalue weighted by atomic mass is 9.90. The Morgan fingerprint density at radius 2 is 2.07 bits per heavy atom. The molecule has 2 unspecified atom stereocenters. The van der Waals surface area contributed by atoms with Crippen LogP contribution in [0.1, 0.15) is 19.3 Å². The Morgan fingerprint density at radius 3 is 2.93 bits per heavy atom. The van der Waals surface area contributed by atoms with Crippen LogP contribution in [0, 0.1) is 11.8 Å². The second-order valence-corrected chi connectivity index (χ2v) is 9.10. The van der Waals surface area contributed by atoms with Crippen LogP contribution < -0.4 is 9.64 Å². The third kappa shape index (κ3) is 3.31. The molecule has 4 heterocycles. The Bertz CT molecular complexity index is 834. The number of carbonyl (C=O) groups is 1. The third-order valence-electron chi connectivity index (χ3n) is 5.96. The van der Waals surface area contributed by atoms with E-state index in [1.54, 1.807) is 11.9 Å². The van der Waals surface area contributed by atoms with E-state index >= 15 is 0 Å². The number of pyridine rings is 1. The zero-order valence-electron chi connectivity index (χ0n) is 16.2. The van der Waals surface area contributed by atoms with Crippen LogP contribution in [0.15, 0.2) is 41.1 Å². The summed E-state index contributed by atoms with van der Waals surface area (Å²) in [6, 6.07) is 2.12. The minimum Gasteiger partial charge on any atom is -0.488 e. The number of amides is 1. The van der Waals surface area contributed by atoms with Crippen LogP contribution in [0.4, 0.5) is 5.82 Å². The molecule has 0 saturated carbocycles. The number of nitrogens with zero attached hydrogens (tertiary/aromatic N) is 4. The first-order chi connectivity index (χ1) is 13.7. The first-order valence-corrected chi connectivity index (χ1v) is 10.9. The van der Waals surface area contributed by atoms with Crippen LogP contribution in [0.2, 0.25) is 0 Å². The molecule has 1 aromatic heterocycles. The van der Waals surface area contributed by atoms with Crippen LogP contribution in [-0.4, -0.2) is 59.9 Å². The number of anilines is 1. The SMILES string of the molecule is CN1CC2C=C(N3CCOc4cc(SN5CCCCC5)cnc43)C=CC2C1=O. The van der Waals surface area contributed by atoms with E-state index in [1.807, 2.05) is 18.1 Å². The molecular weight excluding hydrogens is 372 g/mol. The maximum Gasteiger partial charge on any atom is 0.229 e. The van der Waals surface area contributed by atoms with Crippen molar-refractivity contribution < 1.29 is 9.53 Å². The summed E-state index contributed by atoms with van der Waals surface area (Å²) < 4.78 is 8.37. The fourth-order valence-electron chi connectivity index (χ4n) is 4.48. The highest BCUT2D eigenvalue weighted by molar-refractivity contribution is 7.97. The number of hydrogen-bond donors (Lipinski definition) is 0. The summed E-state index contributed by atoms with van der Waals surface area (Å²) in [5.41, 5.74) is 1.12. The minimum atomic E-state index is -0.00876. The van der Waals surface area contributed by atoms with Crippen molar-refractivity contribution in [2.24, 2.45) is 11.8 Å². The summed E-state index contributed by atoms with van der Waals surface area (Å²) in [5.74, 6) is 2.19. The molecule has 148 valence electrons. The van der Waals surface area contributed by atoms with Gasteiger partial charge < -0.3 is 14.5 Å². The normalized spacial score (nSPS) is 27.3. The van der Waals surface area contributed by atoms with Crippen LogP contribution in [0.25, 0.3) is 0 Å². The molecule has 1 amide bonds. The smallest absolute Gasteiger partial charge is 0.229 e. The second kappa shape index (κ2) is 7.44. The molecule has 6 nitrogen and oxygen atoms in total. The van der Waals surface area contributed by atoms with Gasteiger partial charge in [-0.15, -0.1) is 0 Å². The first kappa shape index (κ1) is 18.1. The minimum absolute atomic E-state index is 0.00876. The van der Waals surface area contributed by atoms with Gasteiger partial charge in [0.1, 0.15) is 6.61 Å². The third-order valence-corrected chi connectivity index (χ3v) is 7.02. The number of allylic oxidation sites excluding steroid dienone is 1. The van der Waals surface area contributed by atoms with Crippen molar-refractivity contribution in [3.63, 3.8) is 0 Å². The molecule has 0 N–H and O–H groups in total. The van der Waals surface area contributed by atoms with Gasteiger partial charge in [0.05, 0.1) is 12.5 Å². The van der Waals surface area contributed by atoms with Gasteiger partial charge in [-0.1, -0.05) is 18.6 Å². The average Bonchev–Trinajstić information content (AvgIpc) is 3.01. The Kier molecular flexibility index (Phi) is 4.80. The van der Waals surface area contributed by atoms with Gasteiger partial charge in [-0.2, -0.15) is 0 Å². The zero-order valence-corrected chi connectivity index (χ0v) is 17.0. The monoisotopic (exact) mass is 398 g/mol. The molecule has 5 rings (SSSR count). The zero-order chi connectivity index (χ0) is 19.1. The standard InChI is InChI=1S/C21H26N4O2S/c1-23-14-15-11-16(5-6-18(15)21(23)26)25-9-10-27-19-12-17(13-22-20(19)25)28-24-7-3-2-4-8-24/h5-6,11-13,15,18H,2-4,7-10,14H2,1H3. The molecule has 28 heavy (non-hydrogen) atoms. The molecule has 7 heteroatoms. The van der Waals surface area contributed by atoms with Gasteiger partial charge in [-0.3, -0.25) is 4.79 Å². The van der Waals surface area contributed by atoms with Crippen molar-refractivity contribution >= 4 is 23.7 Å². The summed E-state index contributed by atoms with van der Waals surface area (Å²) in [6.45, 7) is 4.48. The molecule has 4 aliphatic rings. The van der Waals surface area contributed by atoms with E-state index in [-0.39, 0.29) is 17.7 Å². The highest BCUT2D eigenvalue weighted by Crippen LogP contribution is 2.39. The van der Waals surface area contributed by atoms with Crippen LogP contribution in [0.3, 0.4) is 0 Å². The first-order valence-electron chi connectivity index (χ1n) is 10.2. The van der Waals surface area contributed by atoms with Crippen molar-refractivity contribution in [1.82, 2.24) is 14.2 Å². The van der Waals surface area contributed by atoms with Crippen LogP contribution >= 0.6 is 11.9 Å². The van der Waals surface area contributed by atoms with Crippen molar-refractivity contribution in [2.45, 2.75) is 24.2 Å². The predicted molar refractivity (Wildman–Crippen MR) is 110 cm³/mol. The van der Waals surface area contributed by atoms with Gasteiger partial charge in [0.25, 0.3) is 0 Å². The number of aromatic nitrogens is 1. The van der Waals surface area contributed by atoms with Crippen molar-refractivity contribution in [3.8, 4) is 5.75 Å². The molecular formula is C21H26N4O2S. The lowest BCUT2D eigenvalue weighted by Crippen LogP contribution is -2.34. The van der Waals surface area contributed by atoms with E-state index in [0.29, 0.717) is 6.61 Å². The number of carbonyl (C=O) groups excluding carboxylic acids is 1. The van der Waals surface area contributed by atoms with Gasteiger partial charge in [0.15, 0.2) is 11.6 Å². The van der Waals surface area contributed by atoms with Crippen molar-refractivity contribution in [1.29, 1.82) is 0 Å². The van der Waals surface area contributed by atoms with E-state index in [9.17, 15) is 4.79 Å². The highest BCUT2D eigenvalue weighted by Gasteiger charge is 2.38. The quantitative estimate of drug-likeness (QED) is 0.730. The maximum absolute atomic E-state index is 12.2. The molecule has 3 aliphatic heterocycles. The molecule has 0 aromatic carbocycles. The Balaban J connectivity index is 1.36. The maximum atomic E-state index is 12.2. The number of fused-ring (bicyclic) bond motifs is 2. The van der Waals surface area contributed by atoms with E-state index in [1.165, 1.54) is 19.3 Å². The molecule has 2 saturated heterocycles. The molecule has 0 spiro atoms. The summed E-state index contributed by atoms with van der Waals surface area (Å²) in [5, 5.41) is 0. The van der Waals surface area contributed by atoms with Crippen LogP contribution in [-0.2, 0) is 4.79 Å². The second-order valence-electron chi connectivity index (χ2n) is 7.93. The number of rotatable bonds is 3. The van der Waals surface area contributed by atoms with E-state index in [0.717, 1.165) is 48.3 Å². The predicted octanol–water partition coefficient (Wildman–Crippen LogP) is 2.93. The van der Waals surface area contributed by atoms with Crippen molar-refractivity contribution in [2.75, 3.05) is 44.7 Å². The number of ether oxygens (including phenoxy) is 1. The Hall–Kier alpha value is -1.99.